The van der Waals surface area contributed by atoms with E-state index in [4.69, 9.17) is 10.3 Å². The molecular weight excluding hydrogens is 272 g/mol. The van der Waals surface area contributed by atoms with E-state index in [0.717, 1.165) is 6.42 Å². The first-order valence-electron chi connectivity index (χ1n) is 6.79. The molecule has 0 bridgehead atoms. The molecule has 0 amide bonds. The molecule has 1 atom stereocenters. The highest BCUT2D eigenvalue weighted by molar-refractivity contribution is 5.67. The van der Waals surface area contributed by atoms with Gasteiger partial charge in [0.1, 0.15) is 5.56 Å². The quantitative estimate of drug-likeness (QED) is 0.647. The van der Waals surface area contributed by atoms with Crippen LogP contribution in [0.25, 0.3) is 11.4 Å². The van der Waals surface area contributed by atoms with E-state index < -0.39 is 4.92 Å². The van der Waals surface area contributed by atoms with Crippen LogP contribution in [0.15, 0.2) is 28.8 Å². The Hall–Kier alpha value is -2.28. The maximum absolute atomic E-state index is 11.0. The summed E-state index contributed by atoms with van der Waals surface area (Å²) >= 11 is 0. The van der Waals surface area contributed by atoms with Crippen molar-refractivity contribution in [2.45, 2.75) is 32.7 Å². The molecule has 1 aromatic carbocycles. The van der Waals surface area contributed by atoms with E-state index in [1.165, 1.54) is 6.07 Å². The molecular formula is C14H18N4O3. The monoisotopic (exact) mass is 290 g/mol. The number of benzene rings is 1. The van der Waals surface area contributed by atoms with E-state index in [1.807, 2.05) is 0 Å². The fourth-order valence-corrected chi connectivity index (χ4v) is 2.18. The highest BCUT2D eigenvalue weighted by atomic mass is 16.6. The number of nitro groups is 1. The highest BCUT2D eigenvalue weighted by Gasteiger charge is 2.20. The van der Waals surface area contributed by atoms with Gasteiger partial charge in [0, 0.05) is 18.5 Å². The minimum Gasteiger partial charge on any atom is -0.339 e. The van der Waals surface area contributed by atoms with Gasteiger partial charge in [0.15, 0.2) is 0 Å². The average molecular weight is 290 g/mol. The lowest BCUT2D eigenvalue weighted by atomic mass is 10.0. The summed E-state index contributed by atoms with van der Waals surface area (Å²) in [4.78, 5) is 14.7. The Kier molecular flexibility index (Phi) is 4.64. The third-order valence-corrected chi connectivity index (χ3v) is 3.02. The van der Waals surface area contributed by atoms with Gasteiger partial charge < -0.3 is 10.3 Å². The lowest BCUT2D eigenvalue weighted by Gasteiger charge is -2.10. The number of nitrogens with two attached hydrogens (primary N) is 1. The van der Waals surface area contributed by atoms with Gasteiger partial charge >= 0.3 is 0 Å². The van der Waals surface area contributed by atoms with Gasteiger partial charge in [0.05, 0.1) is 4.92 Å². The largest absolute Gasteiger partial charge is 0.339 e. The average Bonchev–Trinajstić information content (AvgIpc) is 2.85. The fraction of sp³-hybridized carbons (Fsp3) is 0.429. The first-order valence-corrected chi connectivity index (χ1v) is 6.79. The topological polar surface area (TPSA) is 108 Å². The zero-order valence-corrected chi connectivity index (χ0v) is 12.0. The summed E-state index contributed by atoms with van der Waals surface area (Å²) in [6.45, 7) is 4.18. The maximum atomic E-state index is 11.0. The molecule has 112 valence electrons. The van der Waals surface area contributed by atoms with Crippen LogP contribution in [0.2, 0.25) is 0 Å². The second-order valence-electron chi connectivity index (χ2n) is 5.38. The minimum atomic E-state index is -0.462. The number of hydrogen-bond acceptors (Lipinski definition) is 6. The van der Waals surface area contributed by atoms with Crippen molar-refractivity contribution in [1.82, 2.24) is 10.1 Å². The van der Waals surface area contributed by atoms with E-state index in [9.17, 15) is 10.1 Å². The summed E-state index contributed by atoms with van der Waals surface area (Å²) in [5.74, 6) is 1.10. The van der Waals surface area contributed by atoms with Crippen LogP contribution in [0, 0.1) is 16.0 Å². The molecule has 2 rings (SSSR count). The fourth-order valence-electron chi connectivity index (χ4n) is 2.18. The van der Waals surface area contributed by atoms with Gasteiger partial charge in [-0.15, -0.1) is 0 Å². The highest BCUT2D eigenvalue weighted by Crippen LogP contribution is 2.27. The molecule has 1 aromatic heterocycles. The van der Waals surface area contributed by atoms with Gasteiger partial charge in [0.25, 0.3) is 5.69 Å². The first kappa shape index (κ1) is 15.1. The molecule has 2 N–H and O–H groups in total. The van der Waals surface area contributed by atoms with Crippen molar-refractivity contribution < 1.29 is 9.45 Å². The molecule has 1 unspecified atom stereocenters. The third kappa shape index (κ3) is 3.85. The Balaban J connectivity index is 2.19. The zero-order chi connectivity index (χ0) is 15.4. The standard InChI is InChI=1S/C14H18N4O3/c1-9(2)7-10(15)8-13-16-14(17-21-13)11-5-3-4-6-12(11)18(19)20/h3-6,9-10H,7-8,15H2,1-2H3. The number of rotatable bonds is 6. The Morgan fingerprint density at radius 3 is 2.76 bits per heavy atom. The lowest BCUT2D eigenvalue weighted by molar-refractivity contribution is -0.384. The Labute approximate surface area is 122 Å². The molecule has 21 heavy (non-hydrogen) atoms. The van der Waals surface area contributed by atoms with Crippen molar-refractivity contribution in [3.8, 4) is 11.4 Å². The minimum absolute atomic E-state index is 0.0451. The van der Waals surface area contributed by atoms with Crippen LogP contribution < -0.4 is 5.73 Å². The van der Waals surface area contributed by atoms with Crippen LogP contribution in [0.4, 0.5) is 5.69 Å². The third-order valence-electron chi connectivity index (χ3n) is 3.02. The van der Waals surface area contributed by atoms with E-state index in [1.54, 1.807) is 18.2 Å². The summed E-state index contributed by atoms with van der Waals surface area (Å²) in [5, 5.41) is 14.8. The predicted octanol–water partition coefficient (Wildman–Crippen LogP) is 2.56. The summed E-state index contributed by atoms with van der Waals surface area (Å²) in [5.41, 5.74) is 6.29. The summed E-state index contributed by atoms with van der Waals surface area (Å²) in [7, 11) is 0. The Morgan fingerprint density at radius 1 is 1.38 bits per heavy atom. The second kappa shape index (κ2) is 6.45. The van der Waals surface area contributed by atoms with Crippen LogP contribution >= 0.6 is 0 Å². The molecule has 0 fully saturated rings. The van der Waals surface area contributed by atoms with Crippen molar-refractivity contribution in [3.63, 3.8) is 0 Å². The zero-order valence-electron chi connectivity index (χ0n) is 12.0. The van der Waals surface area contributed by atoms with Gasteiger partial charge in [0.2, 0.25) is 11.7 Å². The molecule has 0 aliphatic rings. The number of aromatic nitrogens is 2. The number of nitro benzene ring substituents is 1. The molecule has 7 heteroatoms. The maximum Gasteiger partial charge on any atom is 0.280 e. The van der Waals surface area contributed by atoms with Gasteiger partial charge in [-0.3, -0.25) is 10.1 Å². The van der Waals surface area contributed by atoms with Gasteiger partial charge in [-0.25, -0.2) is 0 Å². The van der Waals surface area contributed by atoms with Crippen molar-refractivity contribution in [2.24, 2.45) is 11.7 Å². The van der Waals surface area contributed by atoms with Crippen molar-refractivity contribution in [1.29, 1.82) is 0 Å². The SMILES string of the molecule is CC(C)CC(N)Cc1nc(-c2ccccc2[N+](=O)[O-])no1. The molecule has 0 saturated heterocycles. The van der Waals surface area contributed by atoms with Crippen molar-refractivity contribution >= 4 is 5.69 Å². The van der Waals surface area contributed by atoms with Crippen LogP contribution in [-0.4, -0.2) is 21.1 Å². The lowest BCUT2D eigenvalue weighted by Crippen LogP contribution is -2.24. The number of hydrogen-bond donors (Lipinski definition) is 1. The van der Waals surface area contributed by atoms with Gasteiger partial charge in [-0.05, 0) is 18.4 Å². The van der Waals surface area contributed by atoms with Crippen molar-refractivity contribution in [3.05, 3.63) is 40.3 Å². The van der Waals surface area contributed by atoms with E-state index >= 15 is 0 Å². The summed E-state index contributed by atoms with van der Waals surface area (Å²) in [6, 6.07) is 6.24. The van der Waals surface area contributed by atoms with Crippen LogP contribution in [-0.2, 0) is 6.42 Å². The molecule has 0 saturated carbocycles. The van der Waals surface area contributed by atoms with Crippen LogP contribution in [0.5, 0.6) is 0 Å². The molecule has 2 aromatic rings. The molecule has 0 radical (unpaired) electrons. The van der Waals surface area contributed by atoms with Gasteiger partial charge in [-0.1, -0.05) is 31.1 Å². The number of nitrogens with zero attached hydrogens (tertiary/aromatic N) is 3. The molecule has 7 nitrogen and oxygen atoms in total. The van der Waals surface area contributed by atoms with E-state index in [-0.39, 0.29) is 17.6 Å². The summed E-state index contributed by atoms with van der Waals surface area (Å²) < 4.78 is 5.14. The van der Waals surface area contributed by atoms with E-state index in [0.29, 0.717) is 23.8 Å². The Bertz CT molecular complexity index is 624. The van der Waals surface area contributed by atoms with Crippen LogP contribution in [0.1, 0.15) is 26.2 Å². The predicted molar refractivity (Wildman–Crippen MR) is 77.5 cm³/mol. The van der Waals surface area contributed by atoms with E-state index in [2.05, 4.69) is 24.0 Å². The Morgan fingerprint density at radius 2 is 2.10 bits per heavy atom. The second-order valence-corrected chi connectivity index (χ2v) is 5.38. The summed E-state index contributed by atoms with van der Waals surface area (Å²) in [6.07, 6.45) is 1.31. The van der Waals surface area contributed by atoms with Gasteiger partial charge in [-0.2, -0.15) is 4.98 Å². The first-order chi connectivity index (χ1) is 9.97. The normalized spacial score (nSPS) is 12.6. The van der Waals surface area contributed by atoms with Crippen LogP contribution in [0.3, 0.4) is 0 Å². The molecule has 0 aliphatic carbocycles. The smallest absolute Gasteiger partial charge is 0.280 e. The number of para-hydroxylation sites is 1. The molecule has 0 spiro atoms. The van der Waals surface area contributed by atoms with Crippen molar-refractivity contribution in [2.75, 3.05) is 0 Å². The molecule has 1 heterocycles. The molecule has 0 aliphatic heterocycles.